The topological polar surface area (TPSA) is 29.1 Å². The first-order valence-electron chi connectivity index (χ1n) is 3.35. The first-order chi connectivity index (χ1) is 4.70. The second kappa shape index (κ2) is 5.35. The van der Waals surface area contributed by atoms with E-state index in [1.54, 1.807) is 0 Å². The molecule has 1 amide bonds. The molecular formula is C7H12NOS. The summed E-state index contributed by atoms with van der Waals surface area (Å²) in [5, 5.41) is 5.26. The predicted octanol–water partition coefficient (Wildman–Crippen LogP) is 1.17. The molecule has 1 radical (unpaired) electrons. The van der Waals surface area contributed by atoms with Gasteiger partial charge in [0.2, 0.25) is 5.91 Å². The number of rotatable bonds is 4. The van der Waals surface area contributed by atoms with E-state index in [4.69, 9.17) is 0 Å². The Hall–Kier alpha value is -0.440. The lowest BCUT2D eigenvalue weighted by molar-refractivity contribution is -0.119. The molecule has 0 aliphatic carbocycles. The summed E-state index contributed by atoms with van der Waals surface area (Å²) in [5.74, 6) is -0.0456. The molecule has 0 aliphatic rings. The highest BCUT2D eigenvalue weighted by Gasteiger charge is 2.03. The Bertz CT molecular complexity index is 125. The van der Waals surface area contributed by atoms with E-state index in [2.05, 4.69) is 22.9 Å². The van der Waals surface area contributed by atoms with Gasteiger partial charge >= 0.3 is 0 Å². The largest absolute Gasteiger partial charge is 0.349 e. The van der Waals surface area contributed by atoms with Crippen LogP contribution in [0.1, 0.15) is 26.7 Å². The second-order valence-electron chi connectivity index (χ2n) is 2.16. The molecule has 0 fully saturated rings. The molecular weight excluding hydrogens is 146 g/mol. The summed E-state index contributed by atoms with van der Waals surface area (Å²) in [6, 6.07) is -0.0440. The zero-order valence-corrected chi connectivity index (χ0v) is 7.12. The highest BCUT2D eigenvalue weighted by atomic mass is 32.1. The maximum absolute atomic E-state index is 10.5. The van der Waals surface area contributed by atoms with Gasteiger partial charge in [-0.25, -0.2) is 0 Å². The fraction of sp³-hybridized carbons (Fsp3) is 0.714. The minimum absolute atomic E-state index is 0.0440. The number of nitrogens with one attached hydrogen (secondary N) is 1. The average molecular weight is 158 g/mol. The number of amides is 1. The SMILES string of the molecule is CCCC([C]=S)NC(C)=O. The number of thiocarbonyl (C=S) groups is 1. The Morgan fingerprint density at radius 3 is 2.70 bits per heavy atom. The lowest BCUT2D eigenvalue weighted by atomic mass is 10.2. The molecule has 3 heteroatoms. The molecule has 0 saturated carbocycles. The van der Waals surface area contributed by atoms with E-state index in [0.717, 1.165) is 12.8 Å². The highest BCUT2D eigenvalue weighted by Crippen LogP contribution is 1.93. The zero-order chi connectivity index (χ0) is 7.98. The first kappa shape index (κ1) is 9.56. The monoisotopic (exact) mass is 158 g/mol. The summed E-state index contributed by atoms with van der Waals surface area (Å²) in [6.07, 6.45) is 1.89. The summed E-state index contributed by atoms with van der Waals surface area (Å²) >= 11 is 4.59. The molecule has 2 nitrogen and oxygen atoms in total. The van der Waals surface area contributed by atoms with Crippen molar-refractivity contribution in [3.63, 3.8) is 0 Å². The van der Waals surface area contributed by atoms with Crippen LogP contribution in [0.3, 0.4) is 0 Å². The van der Waals surface area contributed by atoms with Crippen LogP contribution in [0.25, 0.3) is 0 Å². The van der Waals surface area contributed by atoms with Crippen molar-refractivity contribution in [2.45, 2.75) is 32.7 Å². The van der Waals surface area contributed by atoms with E-state index in [9.17, 15) is 4.79 Å². The smallest absolute Gasteiger partial charge is 0.217 e. The minimum atomic E-state index is -0.0456. The van der Waals surface area contributed by atoms with Crippen molar-refractivity contribution in [2.24, 2.45) is 0 Å². The van der Waals surface area contributed by atoms with Crippen LogP contribution in [0, 0.1) is 0 Å². The fourth-order valence-corrected chi connectivity index (χ4v) is 0.871. The van der Waals surface area contributed by atoms with Gasteiger partial charge in [0.1, 0.15) is 0 Å². The standard InChI is InChI=1S/C7H12NOS/c1-3-4-7(5-10)8-6(2)9/h7H,3-4H2,1-2H3,(H,8,9). The molecule has 0 saturated heterocycles. The minimum Gasteiger partial charge on any atom is -0.349 e. The molecule has 0 aromatic carbocycles. The molecule has 1 N–H and O–H groups in total. The van der Waals surface area contributed by atoms with Gasteiger partial charge in [0.05, 0.1) is 11.4 Å². The van der Waals surface area contributed by atoms with Gasteiger partial charge in [0.15, 0.2) is 0 Å². The Kier molecular flexibility index (Phi) is 5.12. The van der Waals surface area contributed by atoms with Gasteiger partial charge in [-0.2, -0.15) is 0 Å². The Labute approximate surface area is 67.0 Å². The number of carbonyl (C=O) groups excluding carboxylic acids is 1. The van der Waals surface area contributed by atoms with Gasteiger partial charge in [-0.05, 0) is 6.42 Å². The van der Waals surface area contributed by atoms with E-state index < -0.39 is 0 Å². The van der Waals surface area contributed by atoms with Crippen molar-refractivity contribution in [3.05, 3.63) is 0 Å². The van der Waals surface area contributed by atoms with Crippen molar-refractivity contribution in [2.75, 3.05) is 0 Å². The molecule has 0 aromatic heterocycles. The van der Waals surface area contributed by atoms with E-state index in [0.29, 0.717) is 0 Å². The number of carbonyl (C=O) groups is 1. The van der Waals surface area contributed by atoms with Crippen LogP contribution in [0.5, 0.6) is 0 Å². The Morgan fingerprint density at radius 2 is 2.40 bits per heavy atom. The van der Waals surface area contributed by atoms with Crippen LogP contribution in [-0.2, 0) is 4.79 Å². The lowest BCUT2D eigenvalue weighted by Crippen LogP contribution is -2.33. The number of hydrogen-bond acceptors (Lipinski definition) is 2. The Morgan fingerprint density at radius 1 is 1.80 bits per heavy atom. The van der Waals surface area contributed by atoms with Crippen molar-refractivity contribution in [3.8, 4) is 0 Å². The van der Waals surface area contributed by atoms with Gasteiger partial charge in [0, 0.05) is 6.92 Å². The Balaban J connectivity index is 3.59. The molecule has 57 valence electrons. The van der Waals surface area contributed by atoms with Gasteiger partial charge in [-0.1, -0.05) is 25.6 Å². The molecule has 1 atom stereocenters. The molecule has 0 bridgehead atoms. The summed E-state index contributed by atoms with van der Waals surface area (Å²) in [4.78, 5) is 10.5. The quantitative estimate of drug-likeness (QED) is 0.622. The van der Waals surface area contributed by atoms with Gasteiger partial charge in [0.25, 0.3) is 0 Å². The second-order valence-corrected chi connectivity index (χ2v) is 2.40. The van der Waals surface area contributed by atoms with Crippen molar-refractivity contribution >= 4 is 23.5 Å². The molecule has 0 spiro atoms. The van der Waals surface area contributed by atoms with E-state index >= 15 is 0 Å². The van der Waals surface area contributed by atoms with Gasteiger partial charge in [-0.15, -0.1) is 0 Å². The van der Waals surface area contributed by atoms with Gasteiger partial charge in [-0.3, -0.25) is 4.79 Å². The molecule has 0 heterocycles. The summed E-state index contributed by atoms with van der Waals surface area (Å²) in [7, 11) is 0. The van der Waals surface area contributed by atoms with Crippen LogP contribution in [0.2, 0.25) is 0 Å². The summed E-state index contributed by atoms with van der Waals surface area (Å²) in [6.45, 7) is 3.52. The van der Waals surface area contributed by atoms with Crippen molar-refractivity contribution < 1.29 is 4.79 Å². The van der Waals surface area contributed by atoms with Crippen molar-refractivity contribution in [1.29, 1.82) is 0 Å². The van der Waals surface area contributed by atoms with Crippen LogP contribution in [0.15, 0.2) is 0 Å². The normalized spacial score (nSPS) is 12.2. The first-order valence-corrected chi connectivity index (χ1v) is 3.76. The zero-order valence-electron chi connectivity index (χ0n) is 6.31. The molecule has 10 heavy (non-hydrogen) atoms. The van der Waals surface area contributed by atoms with E-state index in [1.807, 2.05) is 6.92 Å². The van der Waals surface area contributed by atoms with Gasteiger partial charge < -0.3 is 5.32 Å². The summed E-state index contributed by atoms with van der Waals surface area (Å²) in [5.41, 5.74) is 0. The van der Waals surface area contributed by atoms with E-state index in [-0.39, 0.29) is 11.9 Å². The molecule has 1 unspecified atom stereocenters. The predicted molar refractivity (Wildman–Crippen MR) is 45.1 cm³/mol. The van der Waals surface area contributed by atoms with Crippen LogP contribution in [0.4, 0.5) is 0 Å². The van der Waals surface area contributed by atoms with Crippen LogP contribution in [-0.4, -0.2) is 17.3 Å². The highest BCUT2D eigenvalue weighted by molar-refractivity contribution is 7.79. The third-order valence-electron chi connectivity index (χ3n) is 1.10. The lowest BCUT2D eigenvalue weighted by Gasteiger charge is -2.09. The molecule has 0 aliphatic heterocycles. The average Bonchev–Trinajstić information content (AvgIpc) is 1.86. The summed E-state index contributed by atoms with van der Waals surface area (Å²) < 4.78 is 0. The fourth-order valence-electron chi connectivity index (χ4n) is 0.695. The van der Waals surface area contributed by atoms with Crippen molar-refractivity contribution in [1.82, 2.24) is 5.32 Å². The van der Waals surface area contributed by atoms with Crippen LogP contribution < -0.4 is 5.32 Å². The number of hydrogen-bond donors (Lipinski definition) is 1. The molecule has 0 aromatic rings. The molecule has 0 rings (SSSR count). The maximum atomic E-state index is 10.5. The van der Waals surface area contributed by atoms with E-state index in [1.165, 1.54) is 6.92 Å². The third-order valence-corrected chi connectivity index (χ3v) is 1.38. The maximum Gasteiger partial charge on any atom is 0.217 e. The van der Waals surface area contributed by atoms with Crippen LogP contribution >= 0.6 is 12.2 Å². The third kappa shape index (κ3) is 4.44.